The Morgan fingerprint density at radius 1 is 1.03 bits per heavy atom. The SMILES string of the molecule is CN=C(NCC(=O)NCc1ccc(OC)cc1)NCC1(c2ccccc2)CC1.I. The van der Waals surface area contributed by atoms with Gasteiger partial charge in [0.15, 0.2) is 5.96 Å². The van der Waals surface area contributed by atoms with Gasteiger partial charge in [-0.1, -0.05) is 42.5 Å². The number of amides is 1. The van der Waals surface area contributed by atoms with Crippen molar-refractivity contribution in [1.82, 2.24) is 16.0 Å². The lowest BCUT2D eigenvalue weighted by Crippen LogP contribution is -2.45. The van der Waals surface area contributed by atoms with Crippen molar-refractivity contribution < 1.29 is 9.53 Å². The van der Waals surface area contributed by atoms with Gasteiger partial charge < -0.3 is 20.7 Å². The summed E-state index contributed by atoms with van der Waals surface area (Å²) in [7, 11) is 3.35. The molecule has 0 aromatic heterocycles. The molecule has 29 heavy (non-hydrogen) atoms. The molecule has 7 heteroatoms. The van der Waals surface area contributed by atoms with Gasteiger partial charge in [-0.05, 0) is 36.1 Å². The zero-order valence-electron chi connectivity index (χ0n) is 16.9. The van der Waals surface area contributed by atoms with E-state index in [4.69, 9.17) is 4.74 Å². The fraction of sp³-hybridized carbons (Fsp3) is 0.364. The van der Waals surface area contributed by atoms with Crippen molar-refractivity contribution in [2.24, 2.45) is 4.99 Å². The first-order valence-corrected chi connectivity index (χ1v) is 9.55. The number of guanidine groups is 1. The highest BCUT2D eigenvalue weighted by molar-refractivity contribution is 14.0. The van der Waals surface area contributed by atoms with E-state index in [1.165, 1.54) is 18.4 Å². The number of nitrogens with zero attached hydrogens (tertiary/aromatic N) is 1. The molecule has 1 aliphatic carbocycles. The van der Waals surface area contributed by atoms with Crippen molar-refractivity contribution in [1.29, 1.82) is 0 Å². The quantitative estimate of drug-likeness (QED) is 0.291. The Bertz CT molecular complexity index is 805. The predicted octanol–water partition coefficient (Wildman–Crippen LogP) is 2.83. The van der Waals surface area contributed by atoms with Gasteiger partial charge in [-0.15, -0.1) is 24.0 Å². The minimum Gasteiger partial charge on any atom is -0.497 e. The number of aliphatic imine (C=N–C) groups is 1. The van der Waals surface area contributed by atoms with Crippen LogP contribution in [0.2, 0.25) is 0 Å². The third kappa shape index (κ3) is 6.62. The normalized spacial score (nSPS) is 14.3. The molecule has 0 heterocycles. The third-order valence-electron chi connectivity index (χ3n) is 5.12. The summed E-state index contributed by atoms with van der Waals surface area (Å²) in [6.45, 7) is 1.46. The van der Waals surface area contributed by atoms with Crippen LogP contribution in [0, 0.1) is 0 Å². The van der Waals surface area contributed by atoms with Crippen LogP contribution in [0.25, 0.3) is 0 Å². The van der Waals surface area contributed by atoms with Gasteiger partial charge in [-0.2, -0.15) is 0 Å². The monoisotopic (exact) mass is 508 g/mol. The molecule has 0 saturated heterocycles. The number of hydrogen-bond acceptors (Lipinski definition) is 3. The Labute approximate surface area is 189 Å². The number of carbonyl (C=O) groups excluding carboxylic acids is 1. The molecule has 1 amide bonds. The van der Waals surface area contributed by atoms with Gasteiger partial charge in [-0.3, -0.25) is 9.79 Å². The van der Waals surface area contributed by atoms with Crippen molar-refractivity contribution in [2.45, 2.75) is 24.8 Å². The van der Waals surface area contributed by atoms with Gasteiger partial charge in [0, 0.05) is 25.6 Å². The molecule has 0 radical (unpaired) electrons. The smallest absolute Gasteiger partial charge is 0.239 e. The highest BCUT2D eigenvalue weighted by Crippen LogP contribution is 2.47. The summed E-state index contributed by atoms with van der Waals surface area (Å²) in [5.74, 6) is 1.36. The van der Waals surface area contributed by atoms with E-state index in [1.54, 1.807) is 14.2 Å². The van der Waals surface area contributed by atoms with Crippen LogP contribution in [0.15, 0.2) is 59.6 Å². The van der Waals surface area contributed by atoms with Crippen molar-refractivity contribution >= 4 is 35.8 Å². The van der Waals surface area contributed by atoms with E-state index < -0.39 is 0 Å². The maximum Gasteiger partial charge on any atom is 0.239 e. The largest absolute Gasteiger partial charge is 0.497 e. The van der Waals surface area contributed by atoms with Crippen LogP contribution in [-0.4, -0.2) is 39.1 Å². The first kappa shape index (κ1) is 23.0. The molecule has 1 aliphatic rings. The van der Waals surface area contributed by atoms with Crippen molar-refractivity contribution in [2.75, 3.05) is 27.2 Å². The molecule has 1 saturated carbocycles. The second kappa shape index (κ2) is 11.0. The standard InChI is InChI=1S/C22H28N4O2.HI/c1-23-21(26-16-22(12-13-22)18-6-4-3-5-7-18)25-15-20(27)24-14-17-8-10-19(28-2)11-9-17;/h3-11H,12-16H2,1-2H3,(H,24,27)(H2,23,25,26);1H. The molecule has 156 valence electrons. The zero-order chi connectivity index (χ0) is 19.8. The van der Waals surface area contributed by atoms with Crippen LogP contribution >= 0.6 is 24.0 Å². The van der Waals surface area contributed by atoms with Gasteiger partial charge in [0.05, 0.1) is 13.7 Å². The second-order valence-corrected chi connectivity index (χ2v) is 7.05. The minimum absolute atomic E-state index is 0. The Morgan fingerprint density at radius 2 is 1.72 bits per heavy atom. The van der Waals surface area contributed by atoms with Crippen molar-refractivity contribution in [3.05, 3.63) is 65.7 Å². The van der Waals surface area contributed by atoms with E-state index in [0.717, 1.165) is 17.9 Å². The molecule has 2 aromatic carbocycles. The number of ether oxygens (including phenoxy) is 1. The highest BCUT2D eigenvalue weighted by Gasteiger charge is 2.43. The highest BCUT2D eigenvalue weighted by atomic mass is 127. The van der Waals surface area contributed by atoms with E-state index in [1.807, 2.05) is 30.3 Å². The molecule has 0 bridgehead atoms. The zero-order valence-corrected chi connectivity index (χ0v) is 19.2. The summed E-state index contributed by atoms with van der Waals surface area (Å²) >= 11 is 0. The van der Waals surface area contributed by atoms with Crippen LogP contribution in [0.4, 0.5) is 0 Å². The number of carbonyl (C=O) groups is 1. The molecule has 2 aromatic rings. The number of methoxy groups -OCH3 is 1. The fourth-order valence-corrected chi connectivity index (χ4v) is 3.15. The predicted molar refractivity (Wildman–Crippen MR) is 127 cm³/mol. The number of nitrogens with one attached hydrogen (secondary N) is 3. The fourth-order valence-electron chi connectivity index (χ4n) is 3.15. The number of hydrogen-bond donors (Lipinski definition) is 3. The lowest BCUT2D eigenvalue weighted by atomic mass is 9.96. The van der Waals surface area contributed by atoms with Gasteiger partial charge in [0.2, 0.25) is 5.91 Å². The van der Waals surface area contributed by atoms with E-state index in [-0.39, 0.29) is 41.8 Å². The first-order chi connectivity index (χ1) is 13.6. The molecule has 6 nitrogen and oxygen atoms in total. The number of benzene rings is 2. The van der Waals surface area contributed by atoms with Crippen LogP contribution in [-0.2, 0) is 16.8 Å². The minimum atomic E-state index is -0.0806. The van der Waals surface area contributed by atoms with Crippen LogP contribution in [0.5, 0.6) is 5.75 Å². The number of halogens is 1. The van der Waals surface area contributed by atoms with E-state index in [0.29, 0.717) is 12.5 Å². The summed E-state index contributed by atoms with van der Waals surface area (Å²) in [4.78, 5) is 16.3. The molecule has 1 fully saturated rings. The lowest BCUT2D eigenvalue weighted by Gasteiger charge is -2.19. The average molecular weight is 508 g/mol. The summed E-state index contributed by atoms with van der Waals surface area (Å²) in [6, 6.07) is 18.2. The van der Waals surface area contributed by atoms with Crippen LogP contribution in [0.1, 0.15) is 24.0 Å². The van der Waals surface area contributed by atoms with E-state index in [9.17, 15) is 4.79 Å². The average Bonchev–Trinajstić information content (AvgIpc) is 3.54. The van der Waals surface area contributed by atoms with Crippen LogP contribution < -0.4 is 20.7 Å². The van der Waals surface area contributed by atoms with Crippen molar-refractivity contribution in [3.8, 4) is 5.75 Å². The summed E-state index contributed by atoms with van der Waals surface area (Å²) < 4.78 is 5.13. The third-order valence-corrected chi connectivity index (χ3v) is 5.12. The molecule has 0 unspecified atom stereocenters. The summed E-state index contributed by atoms with van der Waals surface area (Å²) in [6.07, 6.45) is 2.34. The molecule has 0 atom stereocenters. The molecule has 0 spiro atoms. The second-order valence-electron chi connectivity index (χ2n) is 7.05. The number of rotatable bonds is 8. The van der Waals surface area contributed by atoms with Crippen molar-refractivity contribution in [3.63, 3.8) is 0 Å². The molecular weight excluding hydrogens is 479 g/mol. The Morgan fingerprint density at radius 3 is 2.31 bits per heavy atom. The van der Waals surface area contributed by atoms with E-state index >= 15 is 0 Å². The molecule has 0 aliphatic heterocycles. The topological polar surface area (TPSA) is 74.8 Å². The van der Waals surface area contributed by atoms with Gasteiger partial charge in [0.25, 0.3) is 0 Å². The van der Waals surface area contributed by atoms with Crippen LogP contribution in [0.3, 0.4) is 0 Å². The Hall–Kier alpha value is -2.29. The van der Waals surface area contributed by atoms with Gasteiger partial charge in [-0.25, -0.2) is 0 Å². The molecular formula is C22H29IN4O2. The first-order valence-electron chi connectivity index (χ1n) is 9.55. The summed E-state index contributed by atoms with van der Waals surface area (Å²) in [5.41, 5.74) is 2.57. The Balaban J connectivity index is 0.00000300. The maximum absolute atomic E-state index is 12.1. The summed E-state index contributed by atoms with van der Waals surface area (Å²) in [5, 5.41) is 9.34. The Kier molecular flexibility index (Phi) is 8.75. The van der Waals surface area contributed by atoms with Gasteiger partial charge >= 0.3 is 0 Å². The molecule has 3 rings (SSSR count). The van der Waals surface area contributed by atoms with Gasteiger partial charge in [0.1, 0.15) is 5.75 Å². The maximum atomic E-state index is 12.1. The lowest BCUT2D eigenvalue weighted by molar-refractivity contribution is -0.120. The molecule has 3 N–H and O–H groups in total. The van der Waals surface area contributed by atoms with E-state index in [2.05, 4.69) is 45.2 Å².